The lowest BCUT2D eigenvalue weighted by atomic mass is 10.1. The topological polar surface area (TPSA) is 64.5 Å². The number of ether oxygens (including phenoxy) is 2. The van der Waals surface area contributed by atoms with Crippen LogP contribution in [0.3, 0.4) is 0 Å². The molecule has 0 radical (unpaired) electrons. The number of benzene rings is 1. The Morgan fingerprint density at radius 3 is 2.93 bits per heavy atom. The van der Waals surface area contributed by atoms with Gasteiger partial charge in [0.05, 0.1) is 26.0 Å². The minimum absolute atomic E-state index is 0.00218. The molecule has 1 saturated heterocycles. The number of rotatable bonds is 4. The number of allylic oxidation sites excluding steroid dienone is 1. The van der Waals surface area contributed by atoms with Crippen molar-refractivity contribution in [3.8, 4) is 5.75 Å². The van der Waals surface area contributed by atoms with E-state index < -0.39 is 0 Å². The van der Waals surface area contributed by atoms with Gasteiger partial charge in [-0.15, -0.1) is 0 Å². The van der Waals surface area contributed by atoms with E-state index in [1.165, 1.54) is 0 Å². The summed E-state index contributed by atoms with van der Waals surface area (Å²) in [6, 6.07) is 5.54. The molecule has 0 saturated carbocycles. The third-order valence-electron chi connectivity index (χ3n) is 4.83. The standard InChI is InChI=1S/C20H20ClN3O3/c1-26-18-10-14(20(25)24-6-8-27-9-7-24)3-2-13(18)11-19-22-12-15-16(21)4-5-17(15)23-19/h2-4,10,12H,5-9,11H2,1H3. The molecular weight excluding hydrogens is 366 g/mol. The van der Waals surface area contributed by atoms with Gasteiger partial charge in [-0.2, -0.15) is 0 Å². The van der Waals surface area contributed by atoms with Crippen molar-refractivity contribution in [2.45, 2.75) is 12.8 Å². The summed E-state index contributed by atoms with van der Waals surface area (Å²) in [5, 5.41) is 0.708. The average Bonchev–Trinajstić information content (AvgIpc) is 3.08. The molecule has 6 nitrogen and oxygen atoms in total. The first-order chi connectivity index (χ1) is 13.2. The first-order valence-electron chi connectivity index (χ1n) is 8.90. The van der Waals surface area contributed by atoms with E-state index in [-0.39, 0.29) is 5.91 Å². The summed E-state index contributed by atoms with van der Waals surface area (Å²) in [5.41, 5.74) is 3.40. The quantitative estimate of drug-likeness (QED) is 0.809. The van der Waals surface area contributed by atoms with E-state index in [1.54, 1.807) is 24.3 Å². The lowest BCUT2D eigenvalue weighted by Crippen LogP contribution is -2.40. The molecule has 7 heteroatoms. The predicted octanol–water partition coefficient (Wildman–Crippen LogP) is 2.68. The first-order valence-corrected chi connectivity index (χ1v) is 9.28. The molecule has 4 rings (SSSR count). The van der Waals surface area contributed by atoms with Crippen molar-refractivity contribution in [1.29, 1.82) is 0 Å². The molecule has 1 aliphatic heterocycles. The summed E-state index contributed by atoms with van der Waals surface area (Å²) in [5.74, 6) is 1.37. The summed E-state index contributed by atoms with van der Waals surface area (Å²) in [6.45, 7) is 2.38. The van der Waals surface area contributed by atoms with Gasteiger partial charge in [0.2, 0.25) is 0 Å². The van der Waals surface area contributed by atoms with Crippen LogP contribution < -0.4 is 4.74 Å². The Morgan fingerprint density at radius 1 is 1.33 bits per heavy atom. The number of methoxy groups -OCH3 is 1. The normalized spacial score (nSPS) is 16.1. The van der Waals surface area contributed by atoms with Crippen LogP contribution in [-0.4, -0.2) is 54.2 Å². The van der Waals surface area contributed by atoms with Gasteiger partial charge in [-0.05, 0) is 12.1 Å². The van der Waals surface area contributed by atoms with Gasteiger partial charge >= 0.3 is 0 Å². The molecule has 0 atom stereocenters. The van der Waals surface area contributed by atoms with Crippen LogP contribution in [-0.2, 0) is 17.6 Å². The second-order valence-corrected chi connectivity index (χ2v) is 6.92. The molecule has 1 aliphatic carbocycles. The number of carbonyl (C=O) groups is 1. The van der Waals surface area contributed by atoms with E-state index in [0.29, 0.717) is 54.9 Å². The molecule has 1 aromatic carbocycles. The summed E-state index contributed by atoms with van der Waals surface area (Å²) >= 11 is 6.13. The van der Waals surface area contributed by atoms with Crippen molar-refractivity contribution in [3.05, 3.63) is 58.7 Å². The minimum atomic E-state index is -0.00218. The van der Waals surface area contributed by atoms with E-state index in [4.69, 9.17) is 21.1 Å². The van der Waals surface area contributed by atoms with Crippen molar-refractivity contribution in [2.75, 3.05) is 33.4 Å². The number of hydrogen-bond acceptors (Lipinski definition) is 5. The third-order valence-corrected chi connectivity index (χ3v) is 5.19. The monoisotopic (exact) mass is 385 g/mol. The Kier molecular flexibility index (Phi) is 5.09. The van der Waals surface area contributed by atoms with Crippen LogP contribution >= 0.6 is 11.6 Å². The number of fused-ring (bicyclic) bond motifs is 1. The van der Waals surface area contributed by atoms with E-state index in [9.17, 15) is 4.79 Å². The molecule has 0 bridgehead atoms. The van der Waals surface area contributed by atoms with Gasteiger partial charge in [-0.3, -0.25) is 4.79 Å². The zero-order valence-electron chi connectivity index (χ0n) is 15.1. The van der Waals surface area contributed by atoms with E-state index >= 15 is 0 Å². The molecule has 2 heterocycles. The molecule has 140 valence electrons. The molecular formula is C20H20ClN3O3. The van der Waals surface area contributed by atoms with Crippen LogP contribution in [0.15, 0.2) is 30.5 Å². The van der Waals surface area contributed by atoms with Crippen molar-refractivity contribution in [3.63, 3.8) is 0 Å². The number of halogens is 1. The smallest absolute Gasteiger partial charge is 0.254 e. The highest BCUT2D eigenvalue weighted by Gasteiger charge is 2.20. The number of nitrogens with zero attached hydrogens (tertiary/aromatic N) is 3. The maximum atomic E-state index is 12.7. The molecule has 27 heavy (non-hydrogen) atoms. The van der Waals surface area contributed by atoms with Gasteiger partial charge in [0.25, 0.3) is 5.91 Å². The van der Waals surface area contributed by atoms with Gasteiger partial charge in [0.1, 0.15) is 11.6 Å². The lowest BCUT2D eigenvalue weighted by molar-refractivity contribution is 0.0302. The van der Waals surface area contributed by atoms with Gasteiger partial charge in [0, 0.05) is 53.9 Å². The minimum Gasteiger partial charge on any atom is -0.496 e. The van der Waals surface area contributed by atoms with E-state index in [1.807, 2.05) is 18.2 Å². The van der Waals surface area contributed by atoms with Crippen LogP contribution in [0.5, 0.6) is 5.75 Å². The van der Waals surface area contributed by atoms with E-state index in [2.05, 4.69) is 9.97 Å². The molecule has 0 unspecified atom stereocenters. The third kappa shape index (κ3) is 3.68. The number of carbonyl (C=O) groups excluding carboxylic acids is 1. The SMILES string of the molecule is COc1cc(C(=O)N2CCOCC2)ccc1Cc1ncc2c(n1)CC=C2Cl. The zero-order chi connectivity index (χ0) is 18.8. The molecule has 2 aromatic rings. The number of hydrogen-bond donors (Lipinski definition) is 0. The highest BCUT2D eigenvalue weighted by atomic mass is 35.5. The summed E-state index contributed by atoms with van der Waals surface area (Å²) in [4.78, 5) is 23.5. The van der Waals surface area contributed by atoms with Crippen molar-refractivity contribution in [2.24, 2.45) is 0 Å². The summed E-state index contributed by atoms with van der Waals surface area (Å²) < 4.78 is 10.8. The Balaban J connectivity index is 1.54. The van der Waals surface area contributed by atoms with Crippen LogP contribution in [0.4, 0.5) is 0 Å². The fraction of sp³-hybridized carbons (Fsp3) is 0.350. The van der Waals surface area contributed by atoms with E-state index in [0.717, 1.165) is 23.2 Å². The predicted molar refractivity (Wildman–Crippen MR) is 102 cm³/mol. The molecule has 0 spiro atoms. The van der Waals surface area contributed by atoms with Gasteiger partial charge in [0.15, 0.2) is 0 Å². The Labute approximate surface area is 162 Å². The van der Waals surface area contributed by atoms with Crippen LogP contribution in [0.2, 0.25) is 0 Å². The fourth-order valence-corrected chi connectivity index (χ4v) is 3.57. The second-order valence-electron chi connectivity index (χ2n) is 6.51. The van der Waals surface area contributed by atoms with Gasteiger partial charge in [-0.25, -0.2) is 9.97 Å². The van der Waals surface area contributed by atoms with Crippen LogP contribution in [0.1, 0.15) is 33.0 Å². The summed E-state index contributed by atoms with van der Waals surface area (Å²) in [6.07, 6.45) is 4.97. The number of amides is 1. The van der Waals surface area contributed by atoms with Crippen molar-refractivity contribution < 1.29 is 14.3 Å². The molecule has 0 N–H and O–H groups in total. The highest BCUT2D eigenvalue weighted by Crippen LogP contribution is 2.29. The van der Waals surface area contributed by atoms with Crippen LogP contribution in [0, 0.1) is 0 Å². The van der Waals surface area contributed by atoms with Crippen molar-refractivity contribution >= 4 is 22.5 Å². The van der Waals surface area contributed by atoms with Gasteiger partial charge in [-0.1, -0.05) is 23.7 Å². The Bertz CT molecular complexity index is 907. The van der Waals surface area contributed by atoms with Gasteiger partial charge < -0.3 is 14.4 Å². The first kappa shape index (κ1) is 17.9. The largest absolute Gasteiger partial charge is 0.496 e. The average molecular weight is 386 g/mol. The second kappa shape index (κ2) is 7.66. The van der Waals surface area contributed by atoms with Crippen molar-refractivity contribution in [1.82, 2.24) is 14.9 Å². The molecule has 1 fully saturated rings. The van der Waals surface area contributed by atoms with Crippen LogP contribution in [0.25, 0.3) is 5.03 Å². The molecule has 1 aromatic heterocycles. The number of morpholine rings is 1. The Morgan fingerprint density at radius 2 is 2.15 bits per heavy atom. The zero-order valence-corrected chi connectivity index (χ0v) is 15.8. The maximum absolute atomic E-state index is 12.7. The Hall–Kier alpha value is -2.44. The summed E-state index contributed by atoms with van der Waals surface area (Å²) in [7, 11) is 1.61. The molecule has 2 aliphatic rings. The molecule has 1 amide bonds. The number of aromatic nitrogens is 2. The maximum Gasteiger partial charge on any atom is 0.254 e. The highest BCUT2D eigenvalue weighted by molar-refractivity contribution is 6.49. The fourth-order valence-electron chi connectivity index (χ4n) is 3.34. The lowest BCUT2D eigenvalue weighted by Gasteiger charge is -2.27.